The van der Waals surface area contributed by atoms with Crippen molar-refractivity contribution in [2.75, 3.05) is 10.6 Å². The molecule has 3 aromatic rings. The number of rotatable bonds is 4. The zero-order valence-electron chi connectivity index (χ0n) is 14.0. The summed E-state index contributed by atoms with van der Waals surface area (Å²) in [7, 11) is 0. The van der Waals surface area contributed by atoms with Crippen molar-refractivity contribution in [2.24, 2.45) is 0 Å². The van der Waals surface area contributed by atoms with Gasteiger partial charge in [0.2, 0.25) is 0 Å². The molecule has 5 heteroatoms. The van der Waals surface area contributed by atoms with Crippen LogP contribution in [-0.2, 0) is 0 Å². The Morgan fingerprint density at radius 2 is 1.64 bits per heavy atom. The molecule has 0 saturated heterocycles. The van der Waals surface area contributed by atoms with Crippen LogP contribution in [0.3, 0.4) is 0 Å². The van der Waals surface area contributed by atoms with Gasteiger partial charge in [-0.25, -0.2) is 0 Å². The van der Waals surface area contributed by atoms with Gasteiger partial charge < -0.3 is 10.6 Å². The quantitative estimate of drug-likeness (QED) is 0.705. The fourth-order valence-corrected chi connectivity index (χ4v) is 3.07. The molecule has 0 fully saturated rings. The second kappa shape index (κ2) is 7.32. The van der Waals surface area contributed by atoms with Gasteiger partial charge in [0.25, 0.3) is 11.8 Å². The molecule has 126 valence electrons. The summed E-state index contributed by atoms with van der Waals surface area (Å²) in [4.78, 5) is 25.0. The molecule has 0 saturated carbocycles. The second-order valence-corrected chi connectivity index (χ2v) is 6.73. The summed E-state index contributed by atoms with van der Waals surface area (Å²) in [6, 6.07) is 16.3. The van der Waals surface area contributed by atoms with Gasteiger partial charge in [-0.15, -0.1) is 11.3 Å². The molecule has 0 unspecified atom stereocenters. The lowest BCUT2D eigenvalue weighted by Gasteiger charge is -2.10. The van der Waals surface area contributed by atoms with Crippen LogP contribution in [0.25, 0.3) is 0 Å². The molecule has 4 nitrogen and oxygen atoms in total. The standard InChI is InChI=1S/C20H18N2O2S/c1-13-5-10-17(14(2)12-13)22-19(23)15-6-8-16(9-7-15)21-20(24)18-4-3-11-25-18/h3-12H,1-2H3,(H,21,24)(H,22,23). The summed E-state index contributed by atoms with van der Waals surface area (Å²) in [6.45, 7) is 3.98. The van der Waals surface area contributed by atoms with Gasteiger partial charge >= 0.3 is 0 Å². The van der Waals surface area contributed by atoms with Gasteiger partial charge in [0, 0.05) is 16.9 Å². The highest BCUT2D eigenvalue weighted by Crippen LogP contribution is 2.18. The maximum Gasteiger partial charge on any atom is 0.265 e. The van der Waals surface area contributed by atoms with Gasteiger partial charge in [0.1, 0.15) is 0 Å². The van der Waals surface area contributed by atoms with Crippen LogP contribution in [-0.4, -0.2) is 11.8 Å². The summed E-state index contributed by atoms with van der Waals surface area (Å²) in [5.41, 5.74) is 4.16. The number of benzene rings is 2. The van der Waals surface area contributed by atoms with Crippen molar-refractivity contribution >= 4 is 34.5 Å². The first-order valence-corrected chi connectivity index (χ1v) is 8.74. The summed E-state index contributed by atoms with van der Waals surface area (Å²) in [5.74, 6) is -0.328. The first-order valence-electron chi connectivity index (χ1n) is 7.86. The van der Waals surface area contributed by atoms with Crippen molar-refractivity contribution in [3.8, 4) is 0 Å². The Kier molecular flexibility index (Phi) is 4.95. The van der Waals surface area contributed by atoms with E-state index in [1.165, 1.54) is 11.3 Å². The van der Waals surface area contributed by atoms with Gasteiger partial charge in [0.15, 0.2) is 0 Å². The Bertz CT molecular complexity index is 900. The number of hydrogen-bond donors (Lipinski definition) is 2. The van der Waals surface area contributed by atoms with E-state index in [1.807, 2.05) is 43.5 Å². The number of hydrogen-bond acceptors (Lipinski definition) is 3. The molecule has 0 aliphatic carbocycles. The average Bonchev–Trinajstić information content (AvgIpc) is 3.13. The van der Waals surface area contributed by atoms with Gasteiger partial charge in [-0.2, -0.15) is 0 Å². The van der Waals surface area contributed by atoms with E-state index in [0.717, 1.165) is 16.8 Å². The molecule has 2 aromatic carbocycles. The highest BCUT2D eigenvalue weighted by atomic mass is 32.1. The molecule has 0 aliphatic heterocycles. The predicted molar refractivity (Wildman–Crippen MR) is 103 cm³/mol. The third kappa shape index (κ3) is 4.14. The lowest BCUT2D eigenvalue weighted by molar-refractivity contribution is 0.102. The largest absolute Gasteiger partial charge is 0.322 e. The Labute approximate surface area is 150 Å². The van der Waals surface area contributed by atoms with Crippen LogP contribution in [0.5, 0.6) is 0 Å². The molecule has 25 heavy (non-hydrogen) atoms. The summed E-state index contributed by atoms with van der Waals surface area (Å²) >= 11 is 1.39. The highest BCUT2D eigenvalue weighted by molar-refractivity contribution is 7.12. The molecule has 1 aromatic heterocycles. The lowest BCUT2D eigenvalue weighted by atomic mass is 10.1. The smallest absolute Gasteiger partial charge is 0.265 e. The molecule has 0 aliphatic rings. The van der Waals surface area contributed by atoms with Crippen LogP contribution >= 0.6 is 11.3 Å². The van der Waals surface area contributed by atoms with Crippen LogP contribution in [0, 0.1) is 13.8 Å². The van der Waals surface area contributed by atoms with Crippen molar-refractivity contribution in [3.63, 3.8) is 0 Å². The summed E-state index contributed by atoms with van der Waals surface area (Å²) in [5, 5.41) is 7.58. The maximum absolute atomic E-state index is 12.4. The van der Waals surface area contributed by atoms with Crippen molar-refractivity contribution in [1.29, 1.82) is 0 Å². The van der Waals surface area contributed by atoms with Crippen molar-refractivity contribution in [2.45, 2.75) is 13.8 Å². The normalized spacial score (nSPS) is 10.3. The molecular formula is C20H18N2O2S. The Morgan fingerprint density at radius 3 is 2.28 bits per heavy atom. The van der Waals surface area contributed by atoms with E-state index in [9.17, 15) is 9.59 Å². The van der Waals surface area contributed by atoms with Crippen molar-refractivity contribution in [3.05, 3.63) is 81.5 Å². The van der Waals surface area contributed by atoms with E-state index < -0.39 is 0 Å². The molecular weight excluding hydrogens is 332 g/mol. The number of aryl methyl sites for hydroxylation is 2. The minimum absolute atomic E-state index is 0.150. The number of nitrogens with one attached hydrogen (secondary N) is 2. The van der Waals surface area contributed by atoms with Gasteiger partial charge in [-0.05, 0) is 61.2 Å². The Hall–Kier alpha value is -2.92. The molecule has 2 amide bonds. The maximum atomic E-state index is 12.4. The molecule has 3 rings (SSSR count). The van der Waals surface area contributed by atoms with Crippen molar-refractivity contribution in [1.82, 2.24) is 0 Å². The third-order valence-corrected chi connectivity index (χ3v) is 4.65. The van der Waals surface area contributed by atoms with E-state index in [2.05, 4.69) is 10.6 Å². The molecule has 0 radical (unpaired) electrons. The minimum atomic E-state index is -0.178. The number of thiophene rings is 1. The molecule has 0 bridgehead atoms. The minimum Gasteiger partial charge on any atom is -0.322 e. The van der Waals surface area contributed by atoms with Crippen LogP contribution in [0.15, 0.2) is 60.0 Å². The zero-order valence-corrected chi connectivity index (χ0v) is 14.8. The first kappa shape index (κ1) is 16.9. The summed E-state index contributed by atoms with van der Waals surface area (Å²) < 4.78 is 0. The Balaban J connectivity index is 1.67. The fraction of sp³-hybridized carbons (Fsp3) is 0.100. The highest BCUT2D eigenvalue weighted by Gasteiger charge is 2.10. The van der Waals surface area contributed by atoms with Gasteiger partial charge in [0.05, 0.1) is 4.88 Å². The zero-order chi connectivity index (χ0) is 17.8. The van der Waals surface area contributed by atoms with Crippen molar-refractivity contribution < 1.29 is 9.59 Å². The SMILES string of the molecule is Cc1ccc(NC(=O)c2ccc(NC(=O)c3cccs3)cc2)c(C)c1. The van der Waals surface area contributed by atoms with Crippen LogP contribution in [0.1, 0.15) is 31.2 Å². The van der Waals surface area contributed by atoms with Gasteiger partial charge in [-0.3, -0.25) is 9.59 Å². The average molecular weight is 350 g/mol. The van der Waals surface area contributed by atoms with E-state index >= 15 is 0 Å². The summed E-state index contributed by atoms with van der Waals surface area (Å²) in [6.07, 6.45) is 0. The fourth-order valence-electron chi connectivity index (χ4n) is 2.45. The molecule has 1 heterocycles. The Morgan fingerprint density at radius 1 is 0.880 bits per heavy atom. The number of carbonyl (C=O) groups is 2. The number of carbonyl (C=O) groups excluding carboxylic acids is 2. The number of anilines is 2. The van der Waals surface area contributed by atoms with E-state index in [1.54, 1.807) is 30.3 Å². The monoisotopic (exact) mass is 350 g/mol. The van der Waals surface area contributed by atoms with Crippen LogP contribution in [0.2, 0.25) is 0 Å². The van der Waals surface area contributed by atoms with E-state index in [4.69, 9.17) is 0 Å². The molecule has 0 atom stereocenters. The number of amides is 2. The topological polar surface area (TPSA) is 58.2 Å². The molecule has 2 N–H and O–H groups in total. The lowest BCUT2D eigenvalue weighted by Crippen LogP contribution is -2.13. The third-order valence-electron chi connectivity index (χ3n) is 3.78. The predicted octanol–water partition coefficient (Wildman–Crippen LogP) is 4.87. The van der Waals surface area contributed by atoms with E-state index in [-0.39, 0.29) is 11.8 Å². The first-order chi connectivity index (χ1) is 12.0. The van der Waals surface area contributed by atoms with E-state index in [0.29, 0.717) is 16.1 Å². The second-order valence-electron chi connectivity index (χ2n) is 5.78. The van der Waals surface area contributed by atoms with Crippen LogP contribution in [0.4, 0.5) is 11.4 Å². The van der Waals surface area contributed by atoms with Gasteiger partial charge in [-0.1, -0.05) is 23.8 Å². The van der Waals surface area contributed by atoms with Crippen LogP contribution < -0.4 is 10.6 Å². The molecule has 0 spiro atoms.